The molecule has 1 aromatic heterocycles. The van der Waals surface area contributed by atoms with E-state index in [0.717, 1.165) is 12.0 Å². The number of aldehydes is 1. The van der Waals surface area contributed by atoms with Crippen LogP contribution in [-0.2, 0) is 4.79 Å². The fourth-order valence-electron chi connectivity index (χ4n) is 1.22. The van der Waals surface area contributed by atoms with Gasteiger partial charge in [0.15, 0.2) is 0 Å². The molecule has 1 unspecified atom stereocenters. The quantitative estimate of drug-likeness (QED) is 0.528. The highest BCUT2D eigenvalue weighted by Crippen LogP contribution is 2.22. The molecule has 0 saturated heterocycles. The van der Waals surface area contributed by atoms with Crippen LogP contribution < -0.4 is 0 Å². The number of carbonyl (C=O) groups excluding carboxylic acids is 1. The molecule has 0 saturated carbocycles. The fraction of sp³-hybridized carbons (Fsp3) is 0.125. The van der Waals surface area contributed by atoms with Crippen LogP contribution >= 0.6 is 0 Å². The third-order valence-corrected chi connectivity index (χ3v) is 1.75. The molecule has 2 rings (SSSR count). The number of carbonyl (C=O) groups is 1. The van der Waals surface area contributed by atoms with E-state index >= 15 is 0 Å². The van der Waals surface area contributed by atoms with Crippen LogP contribution in [0, 0.1) is 0 Å². The third kappa shape index (κ3) is 0.559. The highest BCUT2D eigenvalue weighted by atomic mass is 16.1. The van der Waals surface area contributed by atoms with Gasteiger partial charge in [-0.3, -0.25) is 0 Å². The van der Waals surface area contributed by atoms with E-state index in [1.165, 1.54) is 0 Å². The molecule has 0 bridgehead atoms. The molecule has 1 aromatic rings. The Kier molecular flexibility index (Phi) is 1.01. The molecule has 2 nitrogen and oxygen atoms in total. The molecule has 2 heteroatoms. The van der Waals surface area contributed by atoms with Crippen LogP contribution in [0.3, 0.4) is 0 Å². The van der Waals surface area contributed by atoms with Crippen LogP contribution in [0.5, 0.6) is 0 Å². The van der Waals surface area contributed by atoms with Crippen LogP contribution in [0.15, 0.2) is 24.4 Å². The van der Waals surface area contributed by atoms with Crippen LogP contribution in [0.25, 0.3) is 6.20 Å². The second kappa shape index (κ2) is 1.84. The van der Waals surface area contributed by atoms with Crippen molar-refractivity contribution in [2.75, 3.05) is 0 Å². The van der Waals surface area contributed by atoms with Crippen LogP contribution in [-0.4, -0.2) is 10.9 Å². The van der Waals surface area contributed by atoms with Crippen LogP contribution in [0.2, 0.25) is 0 Å². The lowest BCUT2D eigenvalue weighted by molar-refractivity contribution is -0.108. The Bertz CT molecular complexity index is 285. The second-order valence-electron chi connectivity index (χ2n) is 2.34. The monoisotopic (exact) mass is 133 g/mol. The van der Waals surface area contributed by atoms with Gasteiger partial charge in [-0.25, -0.2) is 0 Å². The van der Waals surface area contributed by atoms with E-state index < -0.39 is 0 Å². The Balaban J connectivity index is 2.52. The van der Waals surface area contributed by atoms with Gasteiger partial charge in [-0.05, 0) is 12.1 Å². The van der Waals surface area contributed by atoms with Crippen LogP contribution in [0.4, 0.5) is 0 Å². The zero-order valence-electron chi connectivity index (χ0n) is 5.40. The Hall–Kier alpha value is -1.31. The lowest BCUT2D eigenvalue weighted by Crippen LogP contribution is -1.93. The highest BCUT2D eigenvalue weighted by Gasteiger charge is 2.14. The smallest absolute Gasteiger partial charge is 0.132 e. The number of fused-ring (bicyclic) bond motifs is 1. The van der Waals surface area contributed by atoms with E-state index in [-0.39, 0.29) is 5.92 Å². The molecule has 50 valence electrons. The second-order valence-corrected chi connectivity index (χ2v) is 2.34. The number of allylic oxidation sites excluding steroid dienone is 1. The summed E-state index contributed by atoms with van der Waals surface area (Å²) in [6.07, 6.45) is 6.70. The average Bonchev–Trinajstić information content (AvgIpc) is 2.44. The van der Waals surface area contributed by atoms with Crippen molar-refractivity contribution in [3.63, 3.8) is 0 Å². The molecule has 1 atom stereocenters. The van der Waals surface area contributed by atoms with Gasteiger partial charge in [0, 0.05) is 18.1 Å². The molecule has 0 radical (unpaired) electrons. The summed E-state index contributed by atoms with van der Waals surface area (Å²) in [6.45, 7) is 0. The van der Waals surface area contributed by atoms with Gasteiger partial charge in [0.1, 0.15) is 6.29 Å². The normalized spacial score (nSPS) is 21.0. The number of aromatic nitrogens is 1. The van der Waals surface area contributed by atoms with Crippen molar-refractivity contribution in [1.29, 1.82) is 0 Å². The minimum Gasteiger partial charge on any atom is -0.327 e. The molecule has 0 amide bonds. The van der Waals surface area contributed by atoms with Gasteiger partial charge in [0.05, 0.1) is 5.92 Å². The Morgan fingerprint density at radius 1 is 1.60 bits per heavy atom. The zero-order valence-corrected chi connectivity index (χ0v) is 5.40. The molecular weight excluding hydrogens is 126 g/mol. The van der Waals surface area contributed by atoms with E-state index in [9.17, 15) is 4.79 Å². The Morgan fingerprint density at radius 2 is 2.50 bits per heavy atom. The Labute approximate surface area is 58.8 Å². The molecule has 1 aliphatic rings. The van der Waals surface area contributed by atoms with Crippen molar-refractivity contribution >= 4 is 12.5 Å². The summed E-state index contributed by atoms with van der Waals surface area (Å²) < 4.78 is 1.96. The molecule has 1 aliphatic heterocycles. The molecule has 0 fully saturated rings. The van der Waals surface area contributed by atoms with Gasteiger partial charge >= 0.3 is 0 Å². The van der Waals surface area contributed by atoms with E-state index in [4.69, 9.17) is 0 Å². The van der Waals surface area contributed by atoms with Gasteiger partial charge in [-0.1, -0.05) is 6.08 Å². The molecule has 0 spiro atoms. The predicted octanol–water partition coefficient (Wildman–Crippen LogP) is 1.25. The van der Waals surface area contributed by atoms with E-state index in [1.807, 2.05) is 35.2 Å². The van der Waals surface area contributed by atoms with E-state index in [2.05, 4.69) is 0 Å². The van der Waals surface area contributed by atoms with Gasteiger partial charge in [0.25, 0.3) is 0 Å². The van der Waals surface area contributed by atoms with Crippen molar-refractivity contribution in [1.82, 2.24) is 4.57 Å². The Morgan fingerprint density at radius 3 is 3.30 bits per heavy atom. The maximum absolute atomic E-state index is 10.4. The van der Waals surface area contributed by atoms with Gasteiger partial charge in [-0.2, -0.15) is 0 Å². The summed E-state index contributed by atoms with van der Waals surface area (Å²) in [4.78, 5) is 10.4. The first-order valence-electron chi connectivity index (χ1n) is 3.22. The minimum absolute atomic E-state index is 0.0185. The van der Waals surface area contributed by atoms with Gasteiger partial charge in [-0.15, -0.1) is 0 Å². The zero-order chi connectivity index (χ0) is 6.97. The SMILES string of the molecule is O=CC1C=Cn2cccc21. The average molecular weight is 133 g/mol. The van der Waals surface area contributed by atoms with E-state index in [1.54, 1.807) is 0 Å². The number of hydrogen-bond acceptors (Lipinski definition) is 1. The number of rotatable bonds is 1. The standard InChI is InChI=1S/C8H7NO/c10-6-7-3-5-9-4-1-2-8(7)9/h1-7H. The fourth-order valence-corrected chi connectivity index (χ4v) is 1.22. The first kappa shape index (κ1) is 5.47. The maximum Gasteiger partial charge on any atom is 0.132 e. The summed E-state index contributed by atoms with van der Waals surface area (Å²) >= 11 is 0. The molecule has 0 aromatic carbocycles. The minimum atomic E-state index is -0.0185. The van der Waals surface area contributed by atoms with Crippen LogP contribution in [0.1, 0.15) is 11.6 Å². The molecular formula is C8H7NO. The molecule has 0 N–H and O–H groups in total. The van der Waals surface area contributed by atoms with Crippen molar-refractivity contribution in [2.24, 2.45) is 0 Å². The topological polar surface area (TPSA) is 22.0 Å². The lowest BCUT2D eigenvalue weighted by Gasteiger charge is -1.96. The van der Waals surface area contributed by atoms with Gasteiger partial charge in [0.2, 0.25) is 0 Å². The first-order chi connectivity index (χ1) is 4.92. The number of nitrogens with zero attached hydrogens (tertiary/aromatic N) is 1. The summed E-state index contributed by atoms with van der Waals surface area (Å²) in [5, 5.41) is 0. The summed E-state index contributed by atoms with van der Waals surface area (Å²) in [5.74, 6) is -0.0185. The lowest BCUT2D eigenvalue weighted by atomic mass is 10.1. The highest BCUT2D eigenvalue weighted by molar-refractivity contribution is 5.69. The van der Waals surface area contributed by atoms with E-state index in [0.29, 0.717) is 0 Å². The van der Waals surface area contributed by atoms with Gasteiger partial charge < -0.3 is 9.36 Å². The molecule has 10 heavy (non-hydrogen) atoms. The van der Waals surface area contributed by atoms with Crippen molar-refractivity contribution in [3.8, 4) is 0 Å². The summed E-state index contributed by atoms with van der Waals surface area (Å²) in [7, 11) is 0. The third-order valence-electron chi connectivity index (χ3n) is 1.75. The summed E-state index contributed by atoms with van der Waals surface area (Å²) in [6, 6.07) is 3.90. The van der Waals surface area contributed by atoms with Crippen molar-refractivity contribution < 1.29 is 4.79 Å². The summed E-state index contributed by atoms with van der Waals surface area (Å²) in [5.41, 5.74) is 1.06. The molecule has 0 aliphatic carbocycles. The maximum atomic E-state index is 10.4. The first-order valence-corrected chi connectivity index (χ1v) is 3.22. The number of hydrogen-bond donors (Lipinski definition) is 0. The predicted molar refractivity (Wildman–Crippen MR) is 38.6 cm³/mol. The van der Waals surface area contributed by atoms with Crippen molar-refractivity contribution in [2.45, 2.75) is 5.92 Å². The van der Waals surface area contributed by atoms with Crippen molar-refractivity contribution in [3.05, 3.63) is 30.1 Å². The molecule has 2 heterocycles. The largest absolute Gasteiger partial charge is 0.327 e.